The Balaban J connectivity index is 1.46. The average Bonchev–Trinajstić information content (AvgIpc) is 3.06. The summed E-state index contributed by atoms with van der Waals surface area (Å²) in [6.45, 7) is 6.45. The maximum Gasteiger partial charge on any atom is 0.319 e. The summed E-state index contributed by atoms with van der Waals surface area (Å²) in [6.07, 6.45) is 0.828. The summed E-state index contributed by atoms with van der Waals surface area (Å²) in [5, 5.41) is 5.80. The van der Waals surface area contributed by atoms with Gasteiger partial charge in [0.1, 0.15) is 0 Å². The van der Waals surface area contributed by atoms with Crippen LogP contribution < -0.4 is 15.5 Å². The number of rotatable bonds is 4. The molecule has 0 spiro atoms. The predicted molar refractivity (Wildman–Crippen MR) is 125 cm³/mol. The highest BCUT2D eigenvalue weighted by Crippen LogP contribution is 2.34. The fraction of sp³-hybridized carbons (Fsp3) is 0.231. The Bertz CT molecular complexity index is 1100. The molecule has 0 radical (unpaired) electrons. The molecule has 0 saturated carbocycles. The summed E-state index contributed by atoms with van der Waals surface area (Å²) < 4.78 is 0. The van der Waals surface area contributed by atoms with Gasteiger partial charge in [-0.15, -0.1) is 0 Å². The molecule has 5 heteroatoms. The molecule has 0 bridgehead atoms. The Labute approximate surface area is 183 Å². The number of nitrogens with zero attached hydrogens (tertiary/aromatic N) is 1. The third-order valence-corrected chi connectivity index (χ3v) is 5.54. The van der Waals surface area contributed by atoms with Crippen molar-refractivity contribution in [1.82, 2.24) is 5.32 Å². The number of carbonyl (C=O) groups is 2. The van der Waals surface area contributed by atoms with E-state index in [2.05, 4.69) is 29.7 Å². The quantitative estimate of drug-likeness (QED) is 0.616. The fourth-order valence-electron chi connectivity index (χ4n) is 4.20. The Kier molecular flexibility index (Phi) is 5.76. The van der Waals surface area contributed by atoms with E-state index < -0.39 is 0 Å². The molecule has 1 aliphatic rings. The molecule has 0 saturated heterocycles. The maximum atomic E-state index is 13.1. The molecule has 3 amide bonds. The smallest absolute Gasteiger partial charge is 0.319 e. The number of nitrogens with one attached hydrogen (secondary N) is 2. The summed E-state index contributed by atoms with van der Waals surface area (Å²) in [6, 6.07) is 21.2. The van der Waals surface area contributed by atoms with E-state index in [9.17, 15) is 9.59 Å². The Hall–Kier alpha value is -3.60. The molecular weight excluding hydrogens is 386 g/mol. The normalized spacial score (nSPS) is 14.8. The summed E-state index contributed by atoms with van der Waals surface area (Å²) in [4.78, 5) is 27.3. The van der Waals surface area contributed by atoms with Gasteiger partial charge in [0, 0.05) is 29.5 Å². The molecule has 0 fully saturated rings. The first-order valence-corrected chi connectivity index (χ1v) is 10.5. The molecule has 4 rings (SSSR count). The highest BCUT2D eigenvalue weighted by molar-refractivity contribution is 6.07. The standard InChI is InChI=1S/C26H27N3O2/c1-17-11-18(2)13-23(12-17)28-26(31)27-16-20-9-10-22-14-19(3)29(24(22)15-20)25(30)21-7-5-4-6-8-21/h4-13,15,19H,14,16H2,1-3H3,(H2,27,28,31)/t19-/m0/s1. The van der Waals surface area contributed by atoms with E-state index in [0.29, 0.717) is 12.1 Å². The maximum absolute atomic E-state index is 13.1. The van der Waals surface area contributed by atoms with Crippen LogP contribution in [-0.2, 0) is 13.0 Å². The number of hydrogen-bond donors (Lipinski definition) is 2. The van der Waals surface area contributed by atoms with Gasteiger partial charge in [0.2, 0.25) is 0 Å². The van der Waals surface area contributed by atoms with Crippen molar-refractivity contribution in [3.63, 3.8) is 0 Å². The molecule has 5 nitrogen and oxygen atoms in total. The van der Waals surface area contributed by atoms with Crippen LogP contribution in [0.25, 0.3) is 0 Å². The van der Waals surface area contributed by atoms with Gasteiger partial charge < -0.3 is 15.5 Å². The van der Waals surface area contributed by atoms with Gasteiger partial charge in [-0.25, -0.2) is 4.79 Å². The van der Waals surface area contributed by atoms with Crippen LogP contribution in [0.15, 0.2) is 66.7 Å². The van der Waals surface area contributed by atoms with E-state index in [4.69, 9.17) is 0 Å². The lowest BCUT2D eigenvalue weighted by atomic mass is 10.1. The average molecular weight is 414 g/mol. The molecule has 2 N–H and O–H groups in total. The molecular formula is C26H27N3O2. The van der Waals surface area contributed by atoms with Crippen molar-refractivity contribution in [3.05, 3.63) is 94.5 Å². The van der Waals surface area contributed by atoms with Crippen LogP contribution in [0.2, 0.25) is 0 Å². The predicted octanol–water partition coefficient (Wildman–Crippen LogP) is 5.22. The van der Waals surface area contributed by atoms with Gasteiger partial charge in [-0.3, -0.25) is 4.79 Å². The molecule has 31 heavy (non-hydrogen) atoms. The van der Waals surface area contributed by atoms with E-state index in [-0.39, 0.29) is 18.0 Å². The first kappa shape index (κ1) is 20.7. The topological polar surface area (TPSA) is 61.4 Å². The van der Waals surface area contributed by atoms with Crippen LogP contribution in [0, 0.1) is 13.8 Å². The highest BCUT2D eigenvalue weighted by Gasteiger charge is 2.31. The monoisotopic (exact) mass is 413 g/mol. The van der Waals surface area contributed by atoms with Crippen LogP contribution in [0.4, 0.5) is 16.2 Å². The minimum absolute atomic E-state index is 0.00418. The third kappa shape index (κ3) is 4.61. The van der Waals surface area contributed by atoms with Crippen molar-refractivity contribution in [1.29, 1.82) is 0 Å². The van der Waals surface area contributed by atoms with Crippen molar-refractivity contribution in [3.8, 4) is 0 Å². The number of amides is 3. The SMILES string of the molecule is Cc1cc(C)cc(NC(=O)NCc2ccc3c(c2)N(C(=O)c2ccccc2)[C@@H](C)C3)c1. The minimum atomic E-state index is -0.254. The molecule has 3 aromatic rings. The third-order valence-electron chi connectivity index (χ3n) is 5.54. The van der Waals surface area contributed by atoms with Gasteiger partial charge in [-0.05, 0) is 79.8 Å². The Morgan fingerprint density at radius 1 is 0.968 bits per heavy atom. The second-order valence-electron chi connectivity index (χ2n) is 8.24. The van der Waals surface area contributed by atoms with E-state index >= 15 is 0 Å². The molecule has 158 valence electrons. The number of urea groups is 1. The molecule has 0 aromatic heterocycles. The van der Waals surface area contributed by atoms with Crippen LogP contribution in [-0.4, -0.2) is 18.0 Å². The number of anilines is 2. The van der Waals surface area contributed by atoms with Crippen LogP contribution in [0.3, 0.4) is 0 Å². The number of hydrogen-bond acceptors (Lipinski definition) is 2. The first-order valence-electron chi connectivity index (χ1n) is 10.5. The van der Waals surface area contributed by atoms with Gasteiger partial charge in [0.05, 0.1) is 0 Å². The van der Waals surface area contributed by atoms with Crippen molar-refractivity contribution >= 4 is 23.3 Å². The highest BCUT2D eigenvalue weighted by atomic mass is 16.2. The van der Waals surface area contributed by atoms with E-state index in [1.54, 1.807) is 0 Å². The second kappa shape index (κ2) is 8.64. The molecule has 1 heterocycles. The van der Waals surface area contributed by atoms with Gasteiger partial charge >= 0.3 is 6.03 Å². The fourth-order valence-corrected chi connectivity index (χ4v) is 4.20. The second-order valence-corrected chi connectivity index (χ2v) is 8.24. The zero-order valence-corrected chi connectivity index (χ0v) is 18.1. The van der Waals surface area contributed by atoms with Crippen molar-refractivity contribution < 1.29 is 9.59 Å². The summed E-state index contributed by atoms with van der Waals surface area (Å²) in [5.74, 6) is 0.00418. The Morgan fingerprint density at radius 3 is 2.39 bits per heavy atom. The molecule has 0 unspecified atom stereocenters. The Morgan fingerprint density at radius 2 is 1.68 bits per heavy atom. The molecule has 1 atom stereocenters. The number of carbonyl (C=O) groups excluding carboxylic acids is 2. The lowest BCUT2D eigenvalue weighted by Crippen LogP contribution is -2.35. The zero-order chi connectivity index (χ0) is 22.0. The van der Waals surface area contributed by atoms with Gasteiger partial charge in [-0.2, -0.15) is 0 Å². The summed E-state index contributed by atoms with van der Waals surface area (Å²) >= 11 is 0. The number of aryl methyl sites for hydroxylation is 2. The van der Waals surface area contributed by atoms with E-state index in [1.807, 2.05) is 73.3 Å². The first-order chi connectivity index (χ1) is 14.9. The van der Waals surface area contributed by atoms with Crippen molar-refractivity contribution in [2.24, 2.45) is 0 Å². The summed E-state index contributed by atoms with van der Waals surface area (Å²) in [5.41, 5.74) is 6.69. The molecule has 0 aliphatic carbocycles. The van der Waals surface area contributed by atoms with Crippen LogP contribution in [0.1, 0.15) is 39.5 Å². The largest absolute Gasteiger partial charge is 0.334 e. The van der Waals surface area contributed by atoms with Crippen molar-refractivity contribution in [2.75, 3.05) is 10.2 Å². The zero-order valence-electron chi connectivity index (χ0n) is 18.1. The summed E-state index contributed by atoms with van der Waals surface area (Å²) in [7, 11) is 0. The van der Waals surface area contributed by atoms with E-state index in [1.165, 1.54) is 0 Å². The van der Waals surface area contributed by atoms with Gasteiger partial charge in [0.15, 0.2) is 0 Å². The lowest BCUT2D eigenvalue weighted by Gasteiger charge is -2.23. The van der Waals surface area contributed by atoms with Crippen LogP contribution >= 0.6 is 0 Å². The lowest BCUT2D eigenvalue weighted by molar-refractivity contribution is 0.0981. The van der Waals surface area contributed by atoms with E-state index in [0.717, 1.165) is 40.0 Å². The minimum Gasteiger partial charge on any atom is -0.334 e. The number of benzene rings is 3. The molecule has 3 aromatic carbocycles. The number of fused-ring (bicyclic) bond motifs is 1. The van der Waals surface area contributed by atoms with Gasteiger partial charge in [0.25, 0.3) is 5.91 Å². The van der Waals surface area contributed by atoms with Crippen molar-refractivity contribution in [2.45, 2.75) is 39.8 Å². The molecule has 1 aliphatic heterocycles. The van der Waals surface area contributed by atoms with Crippen LogP contribution in [0.5, 0.6) is 0 Å². The van der Waals surface area contributed by atoms with Gasteiger partial charge in [-0.1, -0.05) is 36.4 Å².